The lowest BCUT2D eigenvalue weighted by atomic mass is 9.79. The monoisotopic (exact) mass is 594 g/mol. The number of aromatic carboxylic acids is 1. The Kier molecular flexibility index (Phi) is 7.55. The summed E-state index contributed by atoms with van der Waals surface area (Å²) in [4.78, 5) is 21.4. The van der Waals surface area contributed by atoms with E-state index in [1.54, 1.807) is 30.3 Å². The number of nitriles is 1. The molecular formula is C35H35FN4O4. The standard InChI is InChI=1S/C35H35FN4O4/c36-28-17-24(27-19-43-20-27)8-9-26(28)21-44-33-3-1-2-29(39-33)23-6-4-22(5-7-23)16-32-38-30-11-10-25(34(41)42)18-31(30)40(32)35(12-13-35)14-15-37/h1-3,8-11,17-18,22-23,27H,4-7,12-14,16,19-21H2,(H,41,42). The number of aromatic nitrogens is 3. The van der Waals surface area contributed by atoms with Crippen LogP contribution in [0.25, 0.3) is 11.0 Å². The number of carbonyl (C=O) groups is 1. The van der Waals surface area contributed by atoms with E-state index in [0.29, 0.717) is 42.9 Å². The van der Waals surface area contributed by atoms with Crippen LogP contribution < -0.4 is 4.74 Å². The van der Waals surface area contributed by atoms with Gasteiger partial charge in [-0.2, -0.15) is 5.26 Å². The van der Waals surface area contributed by atoms with E-state index in [2.05, 4.69) is 10.6 Å². The van der Waals surface area contributed by atoms with Crippen molar-refractivity contribution in [1.82, 2.24) is 14.5 Å². The first kappa shape index (κ1) is 28.5. The Morgan fingerprint density at radius 1 is 1.07 bits per heavy atom. The van der Waals surface area contributed by atoms with Crippen LogP contribution in [0.4, 0.5) is 4.39 Å². The van der Waals surface area contributed by atoms with Crippen molar-refractivity contribution in [2.45, 2.75) is 75.3 Å². The van der Waals surface area contributed by atoms with Gasteiger partial charge in [-0.3, -0.25) is 0 Å². The number of carboxylic acid groups (broad SMARTS) is 1. The van der Waals surface area contributed by atoms with Crippen LogP contribution in [0.3, 0.4) is 0 Å². The molecule has 2 aromatic heterocycles. The third-order valence-electron chi connectivity index (χ3n) is 9.72. The highest BCUT2D eigenvalue weighted by molar-refractivity contribution is 5.92. The fourth-order valence-electron chi connectivity index (χ4n) is 6.87. The van der Waals surface area contributed by atoms with Crippen molar-refractivity contribution in [3.63, 3.8) is 0 Å². The number of carboxylic acids is 1. The summed E-state index contributed by atoms with van der Waals surface area (Å²) in [6, 6.07) is 18.6. The number of halogens is 1. The van der Waals surface area contributed by atoms with Crippen molar-refractivity contribution in [3.05, 3.63) is 88.6 Å². The molecule has 0 radical (unpaired) electrons. The first-order valence-electron chi connectivity index (χ1n) is 15.5. The van der Waals surface area contributed by atoms with E-state index in [4.69, 9.17) is 19.4 Å². The highest BCUT2D eigenvalue weighted by atomic mass is 19.1. The van der Waals surface area contributed by atoms with Gasteiger partial charge >= 0.3 is 5.97 Å². The zero-order valence-electron chi connectivity index (χ0n) is 24.5. The number of pyridine rings is 1. The molecule has 9 heteroatoms. The normalized spacial score (nSPS) is 21.0. The third-order valence-corrected chi connectivity index (χ3v) is 9.72. The molecule has 0 atom stereocenters. The van der Waals surface area contributed by atoms with Gasteiger partial charge < -0.3 is 19.1 Å². The smallest absolute Gasteiger partial charge is 0.335 e. The molecule has 3 heterocycles. The van der Waals surface area contributed by atoms with Crippen LogP contribution in [-0.2, 0) is 23.3 Å². The van der Waals surface area contributed by atoms with Crippen molar-refractivity contribution in [2.24, 2.45) is 5.92 Å². The molecule has 2 aromatic carbocycles. The lowest BCUT2D eigenvalue weighted by molar-refractivity contribution is 0.00830. The van der Waals surface area contributed by atoms with Gasteiger partial charge in [0.2, 0.25) is 5.88 Å². The summed E-state index contributed by atoms with van der Waals surface area (Å²) < 4.78 is 28.0. The van der Waals surface area contributed by atoms with Gasteiger partial charge in [0, 0.05) is 35.6 Å². The molecule has 0 unspecified atom stereocenters. The van der Waals surface area contributed by atoms with E-state index in [1.165, 1.54) is 0 Å². The molecule has 7 rings (SSSR count). The number of hydrogen-bond acceptors (Lipinski definition) is 6. The third kappa shape index (κ3) is 5.55. The molecule has 226 valence electrons. The van der Waals surface area contributed by atoms with Crippen LogP contribution in [-0.4, -0.2) is 38.8 Å². The van der Waals surface area contributed by atoms with E-state index in [-0.39, 0.29) is 29.4 Å². The van der Waals surface area contributed by atoms with Gasteiger partial charge in [-0.05, 0) is 80.3 Å². The zero-order chi connectivity index (χ0) is 30.3. The largest absolute Gasteiger partial charge is 0.478 e. The van der Waals surface area contributed by atoms with Crippen LogP contribution >= 0.6 is 0 Å². The number of nitrogens with zero attached hydrogens (tertiary/aromatic N) is 4. The highest BCUT2D eigenvalue weighted by Crippen LogP contribution is 2.49. The lowest BCUT2D eigenvalue weighted by Gasteiger charge is -2.29. The van der Waals surface area contributed by atoms with Gasteiger partial charge in [0.25, 0.3) is 0 Å². The second-order valence-electron chi connectivity index (χ2n) is 12.6. The number of ether oxygens (including phenoxy) is 2. The number of rotatable bonds is 10. The Hall–Kier alpha value is -4.29. The van der Waals surface area contributed by atoms with Crippen LogP contribution in [0.1, 0.15) is 89.8 Å². The fraction of sp³-hybridized carbons (Fsp3) is 0.429. The van der Waals surface area contributed by atoms with Gasteiger partial charge in [-0.15, -0.1) is 0 Å². The summed E-state index contributed by atoms with van der Waals surface area (Å²) in [5.41, 5.74) is 4.02. The molecule has 2 saturated carbocycles. The second kappa shape index (κ2) is 11.7. The quantitative estimate of drug-likeness (QED) is 0.213. The average molecular weight is 595 g/mol. The van der Waals surface area contributed by atoms with Gasteiger partial charge in [0.05, 0.1) is 47.8 Å². The average Bonchev–Trinajstić information content (AvgIpc) is 3.67. The van der Waals surface area contributed by atoms with Crippen molar-refractivity contribution >= 4 is 17.0 Å². The van der Waals surface area contributed by atoms with Crippen LogP contribution in [0.2, 0.25) is 0 Å². The van der Waals surface area contributed by atoms with E-state index in [0.717, 1.165) is 73.1 Å². The first-order chi connectivity index (χ1) is 21.4. The van der Waals surface area contributed by atoms with Gasteiger partial charge in [0.15, 0.2) is 0 Å². The SMILES string of the molecule is N#CCC1(n2c(CC3CCC(c4cccc(OCc5ccc(C6COC6)cc5F)n4)CC3)nc3ccc(C(=O)O)cc32)CC1. The summed E-state index contributed by atoms with van der Waals surface area (Å²) in [5.74, 6) is 1.26. The molecule has 1 saturated heterocycles. The Bertz CT molecular complexity index is 1750. The van der Waals surface area contributed by atoms with Crippen LogP contribution in [0.5, 0.6) is 5.88 Å². The Morgan fingerprint density at radius 3 is 2.57 bits per heavy atom. The molecule has 4 aromatic rings. The highest BCUT2D eigenvalue weighted by Gasteiger charge is 2.47. The molecule has 0 spiro atoms. The molecule has 0 bridgehead atoms. The van der Waals surface area contributed by atoms with E-state index in [1.807, 2.05) is 24.3 Å². The molecule has 3 aliphatic rings. The van der Waals surface area contributed by atoms with E-state index >= 15 is 0 Å². The molecular weight excluding hydrogens is 559 g/mol. The van der Waals surface area contributed by atoms with Crippen LogP contribution in [0, 0.1) is 23.1 Å². The summed E-state index contributed by atoms with van der Waals surface area (Å²) in [6.07, 6.45) is 7.04. The predicted molar refractivity (Wildman–Crippen MR) is 161 cm³/mol. The minimum Gasteiger partial charge on any atom is -0.478 e. The minimum atomic E-state index is -0.964. The van der Waals surface area contributed by atoms with Crippen molar-refractivity contribution in [2.75, 3.05) is 13.2 Å². The topological polar surface area (TPSA) is 110 Å². The fourth-order valence-corrected chi connectivity index (χ4v) is 6.87. The lowest BCUT2D eigenvalue weighted by Crippen LogP contribution is -2.25. The van der Waals surface area contributed by atoms with Crippen molar-refractivity contribution in [1.29, 1.82) is 5.26 Å². The Morgan fingerprint density at radius 2 is 1.89 bits per heavy atom. The molecule has 44 heavy (non-hydrogen) atoms. The van der Waals surface area contributed by atoms with E-state index in [9.17, 15) is 19.6 Å². The molecule has 1 aliphatic heterocycles. The first-order valence-corrected chi connectivity index (χ1v) is 15.5. The van der Waals surface area contributed by atoms with Crippen molar-refractivity contribution in [3.8, 4) is 11.9 Å². The molecule has 8 nitrogen and oxygen atoms in total. The molecule has 2 aliphatic carbocycles. The van der Waals surface area contributed by atoms with Gasteiger partial charge in [0.1, 0.15) is 18.2 Å². The Balaban J connectivity index is 1.01. The predicted octanol–water partition coefficient (Wildman–Crippen LogP) is 6.88. The second-order valence-corrected chi connectivity index (χ2v) is 12.6. The van der Waals surface area contributed by atoms with Crippen molar-refractivity contribution < 1.29 is 23.8 Å². The number of benzene rings is 2. The van der Waals surface area contributed by atoms with E-state index < -0.39 is 5.97 Å². The maximum Gasteiger partial charge on any atom is 0.335 e. The molecule has 3 fully saturated rings. The molecule has 1 N–H and O–H groups in total. The van der Waals surface area contributed by atoms with Gasteiger partial charge in [-0.1, -0.05) is 18.2 Å². The Labute approximate surface area is 255 Å². The summed E-state index contributed by atoms with van der Waals surface area (Å²) in [7, 11) is 0. The summed E-state index contributed by atoms with van der Waals surface area (Å²) in [6.45, 7) is 1.42. The van der Waals surface area contributed by atoms with Gasteiger partial charge in [-0.25, -0.2) is 19.2 Å². The summed E-state index contributed by atoms with van der Waals surface area (Å²) >= 11 is 0. The maximum absolute atomic E-state index is 14.7. The van der Waals surface area contributed by atoms with Crippen LogP contribution in [0.15, 0.2) is 54.6 Å². The number of imidazole rings is 1. The zero-order valence-corrected chi connectivity index (χ0v) is 24.5. The maximum atomic E-state index is 14.7. The number of fused-ring (bicyclic) bond motifs is 1. The molecule has 0 amide bonds. The minimum absolute atomic E-state index is 0.124. The summed E-state index contributed by atoms with van der Waals surface area (Å²) in [5, 5.41) is 19.1. The number of hydrogen-bond donors (Lipinski definition) is 1.